The Balaban J connectivity index is 1.27. The quantitative estimate of drug-likeness (QED) is 0.721. The first-order chi connectivity index (χ1) is 14.2. The van der Waals surface area contributed by atoms with Crippen LogP contribution < -0.4 is 19.7 Å². The van der Waals surface area contributed by atoms with E-state index in [1.54, 1.807) is 35.3 Å². The number of carbonyl (C=O) groups excluding carboxylic acids is 1. The summed E-state index contributed by atoms with van der Waals surface area (Å²) >= 11 is 0. The zero-order valence-corrected chi connectivity index (χ0v) is 15.9. The molecule has 1 fully saturated rings. The topological polar surface area (TPSA) is 94.4 Å². The predicted octanol–water partition coefficient (Wildman–Crippen LogP) is 1.61. The van der Waals surface area contributed by atoms with Crippen molar-refractivity contribution in [3.8, 4) is 22.8 Å². The minimum absolute atomic E-state index is 0.00586. The van der Waals surface area contributed by atoms with Gasteiger partial charge in [0.05, 0.1) is 17.5 Å². The fraction of sp³-hybridized carbons (Fsp3) is 0.300. The van der Waals surface area contributed by atoms with E-state index in [0.29, 0.717) is 29.6 Å². The Bertz CT molecular complexity index is 1070. The highest BCUT2D eigenvalue weighted by atomic mass is 16.7. The zero-order chi connectivity index (χ0) is 19.8. The first-order valence-corrected chi connectivity index (χ1v) is 9.44. The van der Waals surface area contributed by atoms with Crippen molar-refractivity contribution in [2.45, 2.75) is 12.5 Å². The molecule has 29 heavy (non-hydrogen) atoms. The summed E-state index contributed by atoms with van der Waals surface area (Å²) in [7, 11) is 1.87. The summed E-state index contributed by atoms with van der Waals surface area (Å²) in [6.45, 7) is 1.56. The van der Waals surface area contributed by atoms with Crippen molar-refractivity contribution in [1.82, 2.24) is 25.1 Å². The highest BCUT2D eigenvalue weighted by Gasteiger charge is 2.28. The van der Waals surface area contributed by atoms with Crippen LogP contribution in [0.1, 0.15) is 16.8 Å². The Kier molecular flexibility index (Phi) is 4.27. The largest absolute Gasteiger partial charge is 0.454 e. The van der Waals surface area contributed by atoms with Crippen LogP contribution >= 0.6 is 0 Å². The van der Waals surface area contributed by atoms with Crippen molar-refractivity contribution in [3.05, 3.63) is 48.4 Å². The van der Waals surface area contributed by atoms with Gasteiger partial charge in [0.1, 0.15) is 0 Å². The number of benzene rings is 1. The molecule has 3 aromatic rings. The fourth-order valence-electron chi connectivity index (χ4n) is 3.65. The monoisotopic (exact) mass is 392 g/mol. The molecular formula is C20H20N6O3. The molecule has 1 atom stereocenters. The van der Waals surface area contributed by atoms with Crippen LogP contribution in [0.15, 0.2) is 42.9 Å². The van der Waals surface area contributed by atoms with Crippen molar-refractivity contribution >= 4 is 11.9 Å². The van der Waals surface area contributed by atoms with Gasteiger partial charge in [-0.1, -0.05) is 6.07 Å². The summed E-state index contributed by atoms with van der Waals surface area (Å²) < 4.78 is 12.5. The molecule has 1 N–H and O–H groups in total. The van der Waals surface area contributed by atoms with Gasteiger partial charge < -0.3 is 19.7 Å². The lowest BCUT2D eigenvalue weighted by atomic mass is 10.1. The van der Waals surface area contributed by atoms with Crippen molar-refractivity contribution in [2.24, 2.45) is 7.05 Å². The average Bonchev–Trinajstić information content (AvgIpc) is 3.48. The lowest BCUT2D eigenvalue weighted by Crippen LogP contribution is -2.37. The summed E-state index contributed by atoms with van der Waals surface area (Å²) in [5.74, 6) is 1.60. The van der Waals surface area contributed by atoms with Crippen LogP contribution in [-0.4, -0.2) is 51.6 Å². The summed E-state index contributed by atoms with van der Waals surface area (Å²) in [4.78, 5) is 23.9. The van der Waals surface area contributed by atoms with E-state index in [4.69, 9.17) is 9.47 Å². The van der Waals surface area contributed by atoms with Gasteiger partial charge in [0.25, 0.3) is 5.91 Å². The number of ether oxygens (including phenoxy) is 2. The Morgan fingerprint density at radius 1 is 1.28 bits per heavy atom. The van der Waals surface area contributed by atoms with Gasteiger partial charge in [-0.3, -0.25) is 9.48 Å². The van der Waals surface area contributed by atoms with Crippen LogP contribution in [0.2, 0.25) is 0 Å². The van der Waals surface area contributed by atoms with Crippen LogP contribution in [-0.2, 0) is 7.05 Å². The van der Waals surface area contributed by atoms with E-state index in [1.807, 2.05) is 19.3 Å². The lowest BCUT2D eigenvalue weighted by molar-refractivity contribution is 0.0935. The van der Waals surface area contributed by atoms with Gasteiger partial charge >= 0.3 is 0 Å². The van der Waals surface area contributed by atoms with E-state index >= 15 is 0 Å². The van der Waals surface area contributed by atoms with Crippen molar-refractivity contribution in [1.29, 1.82) is 0 Å². The fourth-order valence-corrected chi connectivity index (χ4v) is 3.65. The summed E-state index contributed by atoms with van der Waals surface area (Å²) in [6.07, 6.45) is 6.27. The molecule has 5 rings (SSSR count). The van der Waals surface area contributed by atoms with Gasteiger partial charge in [0, 0.05) is 44.1 Å². The Hall–Kier alpha value is -3.62. The number of nitrogens with zero attached hydrogens (tertiary/aromatic N) is 5. The Morgan fingerprint density at radius 3 is 3.07 bits per heavy atom. The molecule has 9 heteroatoms. The summed E-state index contributed by atoms with van der Waals surface area (Å²) in [6, 6.07) is 7.21. The normalized spacial score (nSPS) is 17.6. The molecule has 0 aliphatic carbocycles. The van der Waals surface area contributed by atoms with Crippen LogP contribution in [0.3, 0.4) is 0 Å². The number of para-hydroxylation sites is 1. The molecule has 2 aromatic heterocycles. The Labute approximate surface area is 167 Å². The lowest BCUT2D eigenvalue weighted by Gasteiger charge is -2.17. The van der Waals surface area contributed by atoms with Gasteiger partial charge in [-0.25, -0.2) is 9.97 Å². The van der Waals surface area contributed by atoms with Crippen LogP contribution in [0, 0.1) is 0 Å². The smallest absolute Gasteiger partial charge is 0.255 e. The highest BCUT2D eigenvalue weighted by Crippen LogP contribution is 2.35. The second-order valence-electron chi connectivity index (χ2n) is 7.09. The number of aromatic nitrogens is 4. The minimum atomic E-state index is -0.163. The highest BCUT2D eigenvalue weighted by molar-refractivity contribution is 5.98. The van der Waals surface area contributed by atoms with E-state index in [-0.39, 0.29) is 18.7 Å². The molecule has 0 radical (unpaired) electrons. The first kappa shape index (κ1) is 17.5. The molecule has 0 bridgehead atoms. The molecule has 4 heterocycles. The third-order valence-electron chi connectivity index (χ3n) is 5.09. The van der Waals surface area contributed by atoms with E-state index < -0.39 is 0 Å². The van der Waals surface area contributed by atoms with Crippen LogP contribution in [0.25, 0.3) is 11.3 Å². The average molecular weight is 392 g/mol. The number of hydrogen-bond acceptors (Lipinski definition) is 7. The maximum Gasteiger partial charge on any atom is 0.255 e. The SMILES string of the molecule is Cn1cc(-c2ccnc(N3CCC(NC(=O)c4cccc5c4OCO5)C3)n2)cn1. The number of amides is 1. The van der Waals surface area contributed by atoms with Crippen LogP contribution in [0.5, 0.6) is 11.5 Å². The van der Waals surface area contributed by atoms with Crippen molar-refractivity contribution < 1.29 is 14.3 Å². The van der Waals surface area contributed by atoms with Gasteiger partial charge in [-0.05, 0) is 24.6 Å². The molecule has 2 aliphatic heterocycles. The third-order valence-corrected chi connectivity index (χ3v) is 5.09. The zero-order valence-electron chi connectivity index (χ0n) is 15.9. The van der Waals surface area contributed by atoms with E-state index in [2.05, 4.69) is 25.3 Å². The van der Waals surface area contributed by atoms with Gasteiger partial charge in [0.2, 0.25) is 12.7 Å². The van der Waals surface area contributed by atoms with Crippen LogP contribution in [0.4, 0.5) is 5.95 Å². The van der Waals surface area contributed by atoms with Gasteiger partial charge in [0.15, 0.2) is 11.5 Å². The molecule has 2 aliphatic rings. The van der Waals surface area contributed by atoms with E-state index in [9.17, 15) is 4.79 Å². The maximum absolute atomic E-state index is 12.7. The minimum Gasteiger partial charge on any atom is -0.454 e. The van der Waals surface area contributed by atoms with E-state index in [0.717, 1.165) is 24.2 Å². The number of carbonyl (C=O) groups is 1. The first-order valence-electron chi connectivity index (χ1n) is 9.44. The second kappa shape index (κ2) is 7.08. The number of nitrogens with one attached hydrogen (secondary N) is 1. The molecule has 1 unspecified atom stereocenters. The number of rotatable bonds is 4. The molecule has 0 spiro atoms. The van der Waals surface area contributed by atoms with Crippen molar-refractivity contribution in [2.75, 3.05) is 24.8 Å². The molecule has 9 nitrogen and oxygen atoms in total. The summed E-state index contributed by atoms with van der Waals surface area (Å²) in [5, 5.41) is 7.28. The molecule has 1 amide bonds. The molecule has 1 aromatic carbocycles. The number of anilines is 1. The number of aryl methyl sites for hydroxylation is 1. The molecule has 1 saturated heterocycles. The summed E-state index contributed by atoms with van der Waals surface area (Å²) in [5.41, 5.74) is 2.27. The van der Waals surface area contributed by atoms with E-state index in [1.165, 1.54) is 0 Å². The third kappa shape index (κ3) is 3.35. The van der Waals surface area contributed by atoms with Gasteiger partial charge in [-0.2, -0.15) is 5.10 Å². The van der Waals surface area contributed by atoms with Gasteiger partial charge in [-0.15, -0.1) is 0 Å². The number of fused-ring (bicyclic) bond motifs is 1. The second-order valence-corrected chi connectivity index (χ2v) is 7.09. The standard InChI is InChI=1S/C20H20N6O3/c1-25-10-13(9-22-25)16-5-7-21-20(24-16)26-8-6-14(11-26)23-19(27)15-3-2-4-17-18(15)29-12-28-17/h2-5,7,9-10,14H,6,8,11-12H2,1H3,(H,23,27). The molecular weight excluding hydrogens is 372 g/mol. The number of hydrogen-bond donors (Lipinski definition) is 1. The predicted molar refractivity (Wildman–Crippen MR) is 105 cm³/mol. The Morgan fingerprint density at radius 2 is 2.21 bits per heavy atom. The maximum atomic E-state index is 12.7. The molecule has 0 saturated carbocycles. The van der Waals surface area contributed by atoms with Crippen molar-refractivity contribution in [3.63, 3.8) is 0 Å². The molecule has 148 valence electrons.